The summed E-state index contributed by atoms with van der Waals surface area (Å²) in [4.78, 5) is 2.50. The Morgan fingerprint density at radius 1 is 1.06 bits per heavy atom. The van der Waals surface area contributed by atoms with Crippen LogP contribution in [0.2, 0.25) is 0 Å². The third-order valence-electron chi connectivity index (χ3n) is 3.44. The van der Waals surface area contributed by atoms with Crippen LogP contribution in [0.5, 0.6) is 0 Å². The van der Waals surface area contributed by atoms with Crippen molar-refractivity contribution in [1.82, 2.24) is 4.90 Å². The molecule has 0 spiro atoms. The molecule has 1 heteroatoms. The maximum absolute atomic E-state index is 2.50. The number of nitrogens with zero attached hydrogens (tertiary/aromatic N) is 1. The molecule has 0 aromatic heterocycles. The molecule has 0 amide bonds. The molecule has 0 aromatic rings. The average molecular weight is 239 g/mol. The van der Waals surface area contributed by atoms with Gasteiger partial charge in [-0.15, -0.1) is 0 Å². The number of unbranched alkanes of at least 4 members (excludes halogenated alkanes) is 2. The molecule has 0 N–H and O–H groups in total. The lowest BCUT2D eigenvalue weighted by molar-refractivity contribution is 0.0810. The van der Waals surface area contributed by atoms with Crippen LogP contribution in [-0.4, -0.2) is 16.5 Å². The quantitative estimate of drug-likeness (QED) is 0.594. The molecule has 0 fully saturated rings. The molecule has 1 nitrogen and oxygen atoms in total. The van der Waals surface area contributed by atoms with Crippen LogP contribution in [0, 0.1) is 5.41 Å². The SMILES string of the molecule is CCCC/C=C/N(C(C)C(C)(C)C)C(C)(C)C. The van der Waals surface area contributed by atoms with Gasteiger partial charge in [-0.2, -0.15) is 0 Å². The van der Waals surface area contributed by atoms with E-state index < -0.39 is 0 Å². The van der Waals surface area contributed by atoms with E-state index >= 15 is 0 Å². The smallest absolute Gasteiger partial charge is 0.0315 e. The van der Waals surface area contributed by atoms with E-state index in [2.05, 4.69) is 72.6 Å². The molecule has 0 aliphatic heterocycles. The summed E-state index contributed by atoms with van der Waals surface area (Å²) in [5, 5.41) is 0. The van der Waals surface area contributed by atoms with E-state index in [9.17, 15) is 0 Å². The van der Waals surface area contributed by atoms with Crippen LogP contribution in [0.3, 0.4) is 0 Å². The minimum Gasteiger partial charge on any atom is -0.370 e. The Morgan fingerprint density at radius 2 is 1.59 bits per heavy atom. The van der Waals surface area contributed by atoms with Crippen LogP contribution in [-0.2, 0) is 0 Å². The first-order valence-electron chi connectivity index (χ1n) is 7.05. The minimum atomic E-state index is 0.190. The fourth-order valence-electron chi connectivity index (χ4n) is 1.86. The van der Waals surface area contributed by atoms with Crippen LogP contribution in [0.25, 0.3) is 0 Å². The molecule has 0 aromatic carbocycles. The Labute approximate surface area is 109 Å². The molecule has 102 valence electrons. The number of hydrogen-bond donors (Lipinski definition) is 0. The van der Waals surface area contributed by atoms with Gasteiger partial charge in [-0.1, -0.05) is 46.6 Å². The van der Waals surface area contributed by atoms with Gasteiger partial charge in [-0.3, -0.25) is 0 Å². The van der Waals surface area contributed by atoms with E-state index in [1.165, 1.54) is 19.3 Å². The van der Waals surface area contributed by atoms with Gasteiger partial charge in [-0.25, -0.2) is 0 Å². The van der Waals surface area contributed by atoms with Gasteiger partial charge in [0.1, 0.15) is 0 Å². The van der Waals surface area contributed by atoms with Gasteiger partial charge in [-0.05, 0) is 45.7 Å². The third-order valence-corrected chi connectivity index (χ3v) is 3.44. The van der Waals surface area contributed by atoms with E-state index in [1.807, 2.05) is 0 Å². The van der Waals surface area contributed by atoms with Crippen molar-refractivity contribution in [2.45, 2.75) is 86.2 Å². The molecular formula is C16H33N. The van der Waals surface area contributed by atoms with E-state index in [0.717, 1.165) is 0 Å². The van der Waals surface area contributed by atoms with Crippen LogP contribution < -0.4 is 0 Å². The molecule has 17 heavy (non-hydrogen) atoms. The van der Waals surface area contributed by atoms with Crippen molar-refractivity contribution < 1.29 is 0 Å². The monoisotopic (exact) mass is 239 g/mol. The molecule has 0 rings (SSSR count). The summed E-state index contributed by atoms with van der Waals surface area (Å²) >= 11 is 0. The lowest BCUT2D eigenvalue weighted by Crippen LogP contribution is -2.48. The van der Waals surface area contributed by atoms with Crippen molar-refractivity contribution in [3.63, 3.8) is 0 Å². The molecule has 0 heterocycles. The first-order chi connectivity index (χ1) is 7.60. The lowest BCUT2D eigenvalue weighted by Gasteiger charge is -2.45. The Morgan fingerprint density at radius 3 is 1.94 bits per heavy atom. The van der Waals surface area contributed by atoms with E-state index in [-0.39, 0.29) is 5.54 Å². The molecule has 0 saturated carbocycles. The average Bonchev–Trinajstić information content (AvgIpc) is 2.13. The Balaban J connectivity index is 4.73. The summed E-state index contributed by atoms with van der Waals surface area (Å²) in [6, 6.07) is 0.542. The zero-order chi connectivity index (χ0) is 13.7. The van der Waals surface area contributed by atoms with Gasteiger partial charge in [0.25, 0.3) is 0 Å². The first-order valence-corrected chi connectivity index (χ1v) is 7.05. The van der Waals surface area contributed by atoms with E-state index in [4.69, 9.17) is 0 Å². The molecule has 0 aliphatic rings. The van der Waals surface area contributed by atoms with Crippen molar-refractivity contribution >= 4 is 0 Å². The molecule has 0 radical (unpaired) electrons. The van der Waals surface area contributed by atoms with Gasteiger partial charge in [0.2, 0.25) is 0 Å². The van der Waals surface area contributed by atoms with Crippen molar-refractivity contribution in [2.75, 3.05) is 0 Å². The number of rotatable bonds is 5. The van der Waals surface area contributed by atoms with Gasteiger partial charge < -0.3 is 4.90 Å². The van der Waals surface area contributed by atoms with Crippen LogP contribution in [0.1, 0.15) is 74.7 Å². The zero-order valence-corrected chi connectivity index (χ0v) is 13.3. The van der Waals surface area contributed by atoms with E-state index in [0.29, 0.717) is 11.5 Å². The first kappa shape index (κ1) is 16.5. The largest absolute Gasteiger partial charge is 0.370 e. The molecular weight excluding hydrogens is 206 g/mol. The minimum absolute atomic E-state index is 0.190. The topological polar surface area (TPSA) is 3.24 Å². The van der Waals surface area contributed by atoms with E-state index in [1.54, 1.807) is 0 Å². The molecule has 1 atom stereocenters. The molecule has 0 saturated heterocycles. The van der Waals surface area contributed by atoms with Crippen LogP contribution in [0.15, 0.2) is 12.3 Å². The van der Waals surface area contributed by atoms with Gasteiger partial charge in [0.15, 0.2) is 0 Å². The fourth-order valence-corrected chi connectivity index (χ4v) is 1.86. The highest BCUT2D eigenvalue weighted by atomic mass is 15.2. The summed E-state index contributed by atoms with van der Waals surface area (Å²) in [7, 11) is 0. The summed E-state index contributed by atoms with van der Waals surface area (Å²) < 4.78 is 0. The number of hydrogen-bond acceptors (Lipinski definition) is 1. The highest BCUT2D eigenvalue weighted by Crippen LogP contribution is 2.29. The third kappa shape index (κ3) is 6.14. The predicted octanol–water partition coefficient (Wildman–Crippen LogP) is 5.23. The zero-order valence-electron chi connectivity index (χ0n) is 13.3. The van der Waals surface area contributed by atoms with Crippen molar-refractivity contribution in [2.24, 2.45) is 5.41 Å². The summed E-state index contributed by atoms with van der Waals surface area (Å²) in [5.74, 6) is 0. The summed E-state index contributed by atoms with van der Waals surface area (Å²) in [5.41, 5.74) is 0.498. The normalized spacial score (nSPS) is 15.3. The van der Waals surface area contributed by atoms with Crippen molar-refractivity contribution in [3.8, 4) is 0 Å². The highest BCUT2D eigenvalue weighted by molar-refractivity contribution is 4.96. The fraction of sp³-hybridized carbons (Fsp3) is 0.875. The van der Waals surface area contributed by atoms with Crippen molar-refractivity contribution in [1.29, 1.82) is 0 Å². The molecule has 1 unspecified atom stereocenters. The van der Waals surface area contributed by atoms with Crippen LogP contribution in [0.4, 0.5) is 0 Å². The van der Waals surface area contributed by atoms with Gasteiger partial charge >= 0.3 is 0 Å². The second kappa shape index (κ2) is 6.47. The van der Waals surface area contributed by atoms with Gasteiger partial charge in [0, 0.05) is 11.6 Å². The maximum atomic E-state index is 2.50. The second-order valence-corrected chi connectivity index (χ2v) is 7.15. The Kier molecular flexibility index (Phi) is 6.29. The van der Waals surface area contributed by atoms with Gasteiger partial charge in [0.05, 0.1) is 0 Å². The summed E-state index contributed by atoms with van der Waals surface area (Å²) in [6.45, 7) is 18.4. The lowest BCUT2D eigenvalue weighted by atomic mass is 9.85. The predicted molar refractivity (Wildman–Crippen MR) is 79.2 cm³/mol. The highest BCUT2D eigenvalue weighted by Gasteiger charge is 2.30. The number of allylic oxidation sites excluding steroid dienone is 1. The Hall–Kier alpha value is -0.460. The second-order valence-electron chi connectivity index (χ2n) is 7.15. The Bertz CT molecular complexity index is 227. The van der Waals surface area contributed by atoms with Crippen molar-refractivity contribution in [3.05, 3.63) is 12.3 Å². The van der Waals surface area contributed by atoms with Crippen LogP contribution >= 0.6 is 0 Å². The molecule has 0 bridgehead atoms. The maximum Gasteiger partial charge on any atom is 0.0315 e. The molecule has 0 aliphatic carbocycles. The standard InChI is InChI=1S/C16H33N/c1-9-10-11-12-13-17(16(6,7)8)14(2)15(3,4)5/h12-14H,9-11H2,1-8H3/b13-12+. The summed E-state index contributed by atoms with van der Waals surface area (Å²) in [6.07, 6.45) is 8.40.